The highest BCUT2D eigenvalue weighted by atomic mass is 35.5. The van der Waals surface area contributed by atoms with Crippen molar-refractivity contribution in [1.29, 1.82) is 0 Å². The zero-order valence-corrected chi connectivity index (χ0v) is 11.5. The third kappa shape index (κ3) is 4.11. The van der Waals surface area contributed by atoms with Gasteiger partial charge in [0.1, 0.15) is 6.23 Å². The summed E-state index contributed by atoms with van der Waals surface area (Å²) in [6.07, 6.45) is 1.17. The fourth-order valence-corrected chi connectivity index (χ4v) is 1.51. The summed E-state index contributed by atoms with van der Waals surface area (Å²) in [5, 5.41) is 2.73. The summed E-state index contributed by atoms with van der Waals surface area (Å²) in [7, 11) is 2.97. The molecule has 1 atom stereocenters. The molecule has 0 saturated heterocycles. The predicted molar refractivity (Wildman–Crippen MR) is 72.7 cm³/mol. The first-order chi connectivity index (χ1) is 8.99. The number of aromatic nitrogens is 1. The number of nitrogens with zero attached hydrogens (tertiary/aromatic N) is 1. The van der Waals surface area contributed by atoms with Gasteiger partial charge in [0.05, 0.1) is 24.1 Å². The molecule has 19 heavy (non-hydrogen) atoms. The second kappa shape index (κ2) is 6.96. The molecule has 0 fully saturated rings. The number of amides is 1. The largest absolute Gasteiger partial charge is 0.502 e. The summed E-state index contributed by atoms with van der Waals surface area (Å²) >= 11 is 5.75. The molecule has 1 aromatic rings. The lowest BCUT2D eigenvalue weighted by atomic mass is 10.2. The normalized spacial score (nSPS) is 11.7. The number of anilines is 1. The van der Waals surface area contributed by atoms with Crippen LogP contribution in [0.15, 0.2) is 24.6 Å². The molecule has 7 heteroatoms. The lowest BCUT2D eigenvalue weighted by Crippen LogP contribution is -2.37. The number of methoxy groups -OCH3 is 2. The Hall–Kier alpha value is -1.79. The highest BCUT2D eigenvalue weighted by molar-refractivity contribution is 6.32. The van der Waals surface area contributed by atoms with Crippen molar-refractivity contribution in [2.45, 2.75) is 12.6 Å². The van der Waals surface area contributed by atoms with Gasteiger partial charge in [0.15, 0.2) is 5.15 Å². The van der Waals surface area contributed by atoms with Crippen molar-refractivity contribution in [1.82, 2.24) is 10.3 Å². The van der Waals surface area contributed by atoms with Gasteiger partial charge in [-0.2, -0.15) is 0 Å². The minimum atomic E-state index is -0.564. The van der Waals surface area contributed by atoms with Gasteiger partial charge >= 0.3 is 0 Å². The topological polar surface area (TPSA) is 86.5 Å². The third-order valence-electron chi connectivity index (χ3n) is 2.46. The molecule has 0 aliphatic heterocycles. The van der Waals surface area contributed by atoms with E-state index in [1.807, 2.05) is 0 Å². The van der Waals surface area contributed by atoms with Gasteiger partial charge in [-0.3, -0.25) is 4.79 Å². The molecule has 0 aliphatic rings. The van der Waals surface area contributed by atoms with E-state index in [-0.39, 0.29) is 16.4 Å². The van der Waals surface area contributed by atoms with Crippen molar-refractivity contribution in [2.75, 3.05) is 20.0 Å². The van der Waals surface area contributed by atoms with E-state index in [1.165, 1.54) is 26.5 Å². The maximum atomic E-state index is 12.0. The Bertz CT molecular complexity index is 479. The van der Waals surface area contributed by atoms with E-state index >= 15 is 0 Å². The Morgan fingerprint density at radius 1 is 1.63 bits per heavy atom. The van der Waals surface area contributed by atoms with Gasteiger partial charge in [0, 0.05) is 19.7 Å². The summed E-state index contributed by atoms with van der Waals surface area (Å²) in [6, 6.07) is 1.48. The number of carbonyl (C=O) groups excluding carboxylic acids is 1. The molecule has 1 amide bonds. The lowest BCUT2D eigenvalue weighted by molar-refractivity contribution is 0.0514. The smallest absolute Gasteiger partial charge is 0.255 e. The van der Waals surface area contributed by atoms with Gasteiger partial charge in [-0.15, -0.1) is 0 Å². The molecular formula is C12H16ClN3O3. The van der Waals surface area contributed by atoms with Crippen LogP contribution in [0, 0.1) is 0 Å². The van der Waals surface area contributed by atoms with Gasteiger partial charge in [-0.1, -0.05) is 18.2 Å². The fourth-order valence-electron chi connectivity index (χ4n) is 1.35. The second-order valence-corrected chi connectivity index (χ2v) is 4.07. The van der Waals surface area contributed by atoms with Gasteiger partial charge in [-0.25, -0.2) is 4.98 Å². The monoisotopic (exact) mass is 285 g/mol. The quantitative estimate of drug-likeness (QED) is 0.471. The molecule has 1 heterocycles. The molecule has 0 bridgehead atoms. The zero-order chi connectivity index (χ0) is 14.4. The van der Waals surface area contributed by atoms with Crippen LogP contribution in [-0.2, 0) is 9.47 Å². The van der Waals surface area contributed by atoms with Crippen LogP contribution in [0.5, 0.6) is 0 Å². The Kier molecular flexibility index (Phi) is 5.59. The molecule has 104 valence electrons. The summed E-state index contributed by atoms with van der Waals surface area (Å²) in [5.74, 6) is 0.0884. The van der Waals surface area contributed by atoms with Crippen LogP contribution in [0.4, 0.5) is 5.69 Å². The highest BCUT2D eigenvalue weighted by Crippen LogP contribution is 2.19. The molecule has 0 radical (unpaired) electrons. The van der Waals surface area contributed by atoms with Crippen LogP contribution in [0.1, 0.15) is 16.8 Å². The number of nitrogen functional groups attached to an aromatic ring is 1. The molecule has 0 saturated carbocycles. The molecule has 1 rings (SSSR count). The minimum absolute atomic E-state index is 0.0860. The molecular weight excluding hydrogens is 270 g/mol. The van der Waals surface area contributed by atoms with E-state index in [0.717, 1.165) is 0 Å². The average Bonchev–Trinajstić information content (AvgIpc) is 2.40. The molecule has 1 aromatic heterocycles. The van der Waals surface area contributed by atoms with E-state index < -0.39 is 12.1 Å². The summed E-state index contributed by atoms with van der Waals surface area (Å²) in [4.78, 5) is 15.8. The molecule has 1 unspecified atom stereocenters. The molecule has 6 nitrogen and oxygen atoms in total. The number of nitrogens with two attached hydrogens (primary N) is 1. The lowest BCUT2D eigenvalue weighted by Gasteiger charge is -2.18. The van der Waals surface area contributed by atoms with E-state index in [9.17, 15) is 4.79 Å². The van der Waals surface area contributed by atoms with Crippen molar-refractivity contribution < 1.29 is 14.3 Å². The van der Waals surface area contributed by atoms with E-state index in [1.54, 1.807) is 0 Å². The van der Waals surface area contributed by atoms with Crippen LogP contribution >= 0.6 is 11.6 Å². The van der Waals surface area contributed by atoms with Gasteiger partial charge in [0.25, 0.3) is 5.91 Å². The Morgan fingerprint density at radius 2 is 2.32 bits per heavy atom. The van der Waals surface area contributed by atoms with Crippen LogP contribution in [-0.4, -0.2) is 31.3 Å². The number of carbonyl (C=O) groups is 1. The zero-order valence-electron chi connectivity index (χ0n) is 10.8. The number of hydrogen-bond donors (Lipinski definition) is 2. The summed E-state index contributed by atoms with van der Waals surface area (Å²) in [6.45, 7) is 3.66. The van der Waals surface area contributed by atoms with Crippen LogP contribution < -0.4 is 11.1 Å². The van der Waals surface area contributed by atoms with Crippen molar-refractivity contribution in [3.8, 4) is 0 Å². The molecule has 0 aliphatic carbocycles. The number of halogens is 1. The van der Waals surface area contributed by atoms with E-state index in [4.69, 9.17) is 26.8 Å². The maximum Gasteiger partial charge on any atom is 0.255 e. The summed E-state index contributed by atoms with van der Waals surface area (Å²) in [5.41, 5.74) is 6.06. The molecule has 3 N–H and O–H groups in total. The highest BCUT2D eigenvalue weighted by Gasteiger charge is 2.17. The van der Waals surface area contributed by atoms with Gasteiger partial charge in [0.2, 0.25) is 0 Å². The van der Waals surface area contributed by atoms with Crippen LogP contribution in [0.25, 0.3) is 0 Å². The standard InChI is InChI=1S/C12H16ClN3O3/c1-7(18-2)6-9(19-3)16-12(17)8-4-5-15-11(13)10(8)14/h4-5,9H,1,6,14H2,2-3H3,(H,16,17). The van der Waals surface area contributed by atoms with Crippen molar-refractivity contribution >= 4 is 23.2 Å². The molecule has 0 aromatic carbocycles. The van der Waals surface area contributed by atoms with Crippen molar-refractivity contribution in [3.05, 3.63) is 35.3 Å². The third-order valence-corrected chi connectivity index (χ3v) is 2.77. The predicted octanol–water partition coefficient (Wildman–Crippen LogP) is 1.57. The second-order valence-electron chi connectivity index (χ2n) is 3.71. The van der Waals surface area contributed by atoms with Gasteiger partial charge < -0.3 is 20.5 Å². The number of hydrogen-bond acceptors (Lipinski definition) is 5. The van der Waals surface area contributed by atoms with Crippen molar-refractivity contribution in [2.24, 2.45) is 0 Å². The first-order valence-corrected chi connectivity index (χ1v) is 5.82. The fraction of sp³-hybridized carbons (Fsp3) is 0.333. The van der Waals surface area contributed by atoms with Crippen LogP contribution in [0.2, 0.25) is 5.15 Å². The average molecular weight is 286 g/mol. The number of nitrogens with one attached hydrogen (secondary N) is 1. The minimum Gasteiger partial charge on any atom is -0.502 e. The first-order valence-electron chi connectivity index (χ1n) is 5.45. The Morgan fingerprint density at radius 3 is 2.89 bits per heavy atom. The van der Waals surface area contributed by atoms with Gasteiger partial charge in [-0.05, 0) is 6.07 Å². The maximum absolute atomic E-state index is 12.0. The first kappa shape index (κ1) is 15.3. The number of ether oxygens (including phenoxy) is 2. The van der Waals surface area contributed by atoms with Crippen LogP contribution in [0.3, 0.4) is 0 Å². The molecule has 0 spiro atoms. The SMILES string of the molecule is C=C(CC(NC(=O)c1ccnc(Cl)c1N)OC)OC. The number of rotatable bonds is 6. The van der Waals surface area contributed by atoms with E-state index in [2.05, 4.69) is 16.9 Å². The summed E-state index contributed by atoms with van der Waals surface area (Å²) < 4.78 is 10.1. The van der Waals surface area contributed by atoms with Crippen molar-refractivity contribution in [3.63, 3.8) is 0 Å². The number of pyridine rings is 1. The van der Waals surface area contributed by atoms with E-state index in [0.29, 0.717) is 12.2 Å². The Labute approximate surface area is 116 Å². The Balaban J connectivity index is 2.77.